The molecule has 0 aliphatic carbocycles. The molecule has 5 nitrogen and oxygen atoms in total. The molecule has 5 heteroatoms. The van der Waals surface area contributed by atoms with E-state index in [9.17, 15) is 4.79 Å². The predicted molar refractivity (Wildman–Crippen MR) is 102 cm³/mol. The lowest BCUT2D eigenvalue weighted by atomic mass is 9.97. The van der Waals surface area contributed by atoms with Crippen molar-refractivity contribution in [2.75, 3.05) is 26.7 Å². The number of amides is 1. The maximum atomic E-state index is 12.5. The van der Waals surface area contributed by atoms with Crippen LogP contribution in [0, 0.1) is 0 Å². The fraction of sp³-hybridized carbons (Fsp3) is 0.667. The molecule has 26 heavy (non-hydrogen) atoms. The van der Waals surface area contributed by atoms with E-state index in [1.807, 2.05) is 27.8 Å². The number of rotatable bonds is 3. The van der Waals surface area contributed by atoms with Crippen LogP contribution in [-0.2, 0) is 11.3 Å². The first-order valence-electron chi connectivity index (χ1n) is 9.77. The van der Waals surface area contributed by atoms with Crippen molar-refractivity contribution in [2.24, 2.45) is 0 Å². The first-order chi connectivity index (χ1) is 12.3. The summed E-state index contributed by atoms with van der Waals surface area (Å²) in [6, 6.07) is 6.45. The average Bonchev–Trinajstić information content (AvgIpc) is 2.60. The highest BCUT2D eigenvalue weighted by Gasteiger charge is 2.30. The predicted octanol–water partition coefficient (Wildman–Crippen LogP) is 4.36. The SMILES string of the molecule is CN(C(=O)OC(C)(C)C)C1CCOc2cc(CN3CCCCC3)ccc21. The van der Waals surface area contributed by atoms with E-state index in [2.05, 4.69) is 23.1 Å². The number of piperidine rings is 1. The summed E-state index contributed by atoms with van der Waals surface area (Å²) in [5, 5.41) is 0. The van der Waals surface area contributed by atoms with Gasteiger partial charge in [0.1, 0.15) is 11.4 Å². The molecule has 1 saturated heterocycles. The van der Waals surface area contributed by atoms with Crippen LogP contribution in [0.1, 0.15) is 63.6 Å². The minimum absolute atomic E-state index is 0.00219. The van der Waals surface area contributed by atoms with Crippen LogP contribution in [-0.4, -0.2) is 48.2 Å². The highest BCUT2D eigenvalue weighted by Crippen LogP contribution is 2.37. The summed E-state index contributed by atoms with van der Waals surface area (Å²) in [7, 11) is 1.81. The monoisotopic (exact) mass is 360 g/mol. The van der Waals surface area contributed by atoms with Crippen molar-refractivity contribution >= 4 is 6.09 Å². The molecule has 1 fully saturated rings. The van der Waals surface area contributed by atoms with Gasteiger partial charge < -0.3 is 14.4 Å². The Morgan fingerprint density at radius 2 is 2.00 bits per heavy atom. The molecule has 1 aromatic rings. The van der Waals surface area contributed by atoms with Gasteiger partial charge >= 0.3 is 6.09 Å². The fourth-order valence-electron chi connectivity index (χ4n) is 3.75. The first kappa shape index (κ1) is 19.0. The van der Waals surface area contributed by atoms with Crippen LogP contribution in [0.2, 0.25) is 0 Å². The van der Waals surface area contributed by atoms with E-state index in [1.165, 1.54) is 37.9 Å². The van der Waals surface area contributed by atoms with Crippen molar-refractivity contribution in [3.8, 4) is 5.75 Å². The fourth-order valence-corrected chi connectivity index (χ4v) is 3.75. The van der Waals surface area contributed by atoms with Crippen molar-refractivity contribution in [1.82, 2.24) is 9.80 Å². The molecule has 3 rings (SSSR count). The number of likely N-dealkylation sites (tertiary alicyclic amines) is 1. The van der Waals surface area contributed by atoms with Gasteiger partial charge in [-0.3, -0.25) is 4.90 Å². The Kier molecular flexibility index (Phi) is 5.76. The summed E-state index contributed by atoms with van der Waals surface area (Å²) in [5.74, 6) is 0.908. The molecule has 0 radical (unpaired) electrons. The maximum absolute atomic E-state index is 12.5. The van der Waals surface area contributed by atoms with Crippen molar-refractivity contribution < 1.29 is 14.3 Å². The number of fused-ring (bicyclic) bond motifs is 1. The van der Waals surface area contributed by atoms with Gasteiger partial charge in [-0.15, -0.1) is 0 Å². The quantitative estimate of drug-likeness (QED) is 0.803. The Morgan fingerprint density at radius 1 is 1.27 bits per heavy atom. The summed E-state index contributed by atoms with van der Waals surface area (Å²) in [6.07, 6.45) is 4.44. The van der Waals surface area contributed by atoms with E-state index < -0.39 is 5.60 Å². The van der Waals surface area contributed by atoms with Crippen LogP contribution in [0.3, 0.4) is 0 Å². The van der Waals surface area contributed by atoms with Crippen molar-refractivity contribution in [3.05, 3.63) is 29.3 Å². The van der Waals surface area contributed by atoms with Gasteiger partial charge in [-0.25, -0.2) is 4.79 Å². The van der Waals surface area contributed by atoms with Crippen LogP contribution < -0.4 is 4.74 Å². The molecule has 0 aromatic heterocycles. The van der Waals surface area contributed by atoms with E-state index in [-0.39, 0.29) is 12.1 Å². The number of carbonyl (C=O) groups is 1. The molecule has 1 atom stereocenters. The van der Waals surface area contributed by atoms with Gasteiger partial charge in [-0.05, 0) is 58.3 Å². The summed E-state index contributed by atoms with van der Waals surface area (Å²) in [6.45, 7) is 9.64. The molecule has 1 aromatic carbocycles. The van der Waals surface area contributed by atoms with Gasteiger partial charge in [-0.2, -0.15) is 0 Å². The van der Waals surface area contributed by atoms with E-state index in [4.69, 9.17) is 9.47 Å². The van der Waals surface area contributed by atoms with Crippen molar-refractivity contribution in [1.29, 1.82) is 0 Å². The molecule has 2 aliphatic heterocycles. The third-order valence-corrected chi connectivity index (χ3v) is 5.09. The second-order valence-electron chi connectivity index (χ2n) is 8.45. The van der Waals surface area contributed by atoms with Gasteiger partial charge in [0, 0.05) is 25.6 Å². The van der Waals surface area contributed by atoms with Gasteiger partial charge in [0.15, 0.2) is 0 Å². The van der Waals surface area contributed by atoms with Crippen LogP contribution in [0.15, 0.2) is 18.2 Å². The average molecular weight is 360 g/mol. The molecule has 0 spiro atoms. The van der Waals surface area contributed by atoms with Crippen molar-refractivity contribution in [3.63, 3.8) is 0 Å². The zero-order chi connectivity index (χ0) is 18.7. The lowest BCUT2D eigenvalue weighted by Gasteiger charge is -2.34. The standard InChI is InChI=1S/C21H32N2O3/c1-21(2,3)26-20(24)22(4)18-10-13-25-19-14-16(8-9-17(18)19)15-23-11-6-5-7-12-23/h8-9,14,18H,5-7,10-13,15H2,1-4H3. The van der Waals surface area contributed by atoms with E-state index in [0.717, 1.165) is 24.3 Å². The molecular formula is C21H32N2O3. The highest BCUT2D eigenvalue weighted by molar-refractivity contribution is 5.69. The normalized spacial score (nSPS) is 20.8. The van der Waals surface area contributed by atoms with Crippen molar-refractivity contribution in [2.45, 2.75) is 64.6 Å². The summed E-state index contributed by atoms with van der Waals surface area (Å²) < 4.78 is 11.4. The maximum Gasteiger partial charge on any atom is 0.410 e. The van der Waals surface area contributed by atoms with Gasteiger partial charge in [0.2, 0.25) is 0 Å². The largest absolute Gasteiger partial charge is 0.493 e. The second kappa shape index (κ2) is 7.87. The molecule has 0 saturated carbocycles. The third kappa shape index (κ3) is 4.70. The van der Waals surface area contributed by atoms with Crippen LogP contribution >= 0.6 is 0 Å². The van der Waals surface area contributed by atoms with Gasteiger partial charge in [0.25, 0.3) is 0 Å². The Hall–Kier alpha value is -1.75. The summed E-state index contributed by atoms with van der Waals surface area (Å²) in [5.41, 5.74) is 1.87. The second-order valence-corrected chi connectivity index (χ2v) is 8.45. The molecule has 0 bridgehead atoms. The Morgan fingerprint density at radius 3 is 2.69 bits per heavy atom. The van der Waals surface area contributed by atoms with E-state index in [1.54, 1.807) is 4.90 Å². The van der Waals surface area contributed by atoms with Crippen LogP contribution in [0.25, 0.3) is 0 Å². The molecule has 1 unspecified atom stereocenters. The lowest BCUT2D eigenvalue weighted by Crippen LogP contribution is -2.38. The molecule has 2 heterocycles. The number of carbonyl (C=O) groups excluding carboxylic acids is 1. The van der Waals surface area contributed by atoms with Gasteiger partial charge in [-0.1, -0.05) is 18.6 Å². The molecule has 2 aliphatic rings. The number of benzene rings is 1. The lowest BCUT2D eigenvalue weighted by molar-refractivity contribution is 0.0182. The molecule has 1 amide bonds. The minimum atomic E-state index is -0.488. The highest BCUT2D eigenvalue weighted by atomic mass is 16.6. The zero-order valence-electron chi connectivity index (χ0n) is 16.6. The molecular weight excluding hydrogens is 328 g/mol. The number of hydrogen-bond acceptors (Lipinski definition) is 4. The summed E-state index contributed by atoms with van der Waals surface area (Å²) >= 11 is 0. The van der Waals surface area contributed by atoms with Crippen LogP contribution in [0.4, 0.5) is 4.79 Å². The third-order valence-electron chi connectivity index (χ3n) is 5.09. The Labute approximate surface area is 157 Å². The van der Waals surface area contributed by atoms with E-state index in [0.29, 0.717) is 6.61 Å². The van der Waals surface area contributed by atoms with Gasteiger partial charge in [0.05, 0.1) is 12.6 Å². The number of ether oxygens (including phenoxy) is 2. The Balaban J connectivity index is 1.72. The number of hydrogen-bond donors (Lipinski definition) is 0. The smallest absolute Gasteiger partial charge is 0.410 e. The first-order valence-corrected chi connectivity index (χ1v) is 9.77. The number of nitrogens with zero attached hydrogens (tertiary/aromatic N) is 2. The van der Waals surface area contributed by atoms with E-state index >= 15 is 0 Å². The molecule has 0 N–H and O–H groups in total. The Bertz CT molecular complexity index is 633. The molecule has 144 valence electrons. The minimum Gasteiger partial charge on any atom is -0.493 e. The zero-order valence-corrected chi connectivity index (χ0v) is 16.6. The topological polar surface area (TPSA) is 42.0 Å². The van der Waals surface area contributed by atoms with Crippen LogP contribution in [0.5, 0.6) is 5.75 Å². The summed E-state index contributed by atoms with van der Waals surface area (Å²) in [4.78, 5) is 16.7.